The molecule has 0 fully saturated rings. The Morgan fingerprint density at radius 3 is 2.45 bits per heavy atom. The second-order valence-electron chi connectivity index (χ2n) is 4.28. The molecule has 1 N–H and O–H groups in total. The van der Waals surface area contributed by atoms with E-state index in [0.717, 1.165) is 12.1 Å². The first-order chi connectivity index (χ1) is 10.2. The molecule has 1 unspecified atom stereocenters. The quantitative estimate of drug-likeness (QED) is 0.917. The first-order valence-electron chi connectivity index (χ1n) is 5.83. The summed E-state index contributed by atoms with van der Waals surface area (Å²) in [5.74, 6) is -1.96. The van der Waals surface area contributed by atoms with E-state index in [9.17, 15) is 18.0 Å². The van der Waals surface area contributed by atoms with Crippen LogP contribution < -0.4 is 14.2 Å². The molecule has 0 bridgehead atoms. The fraction of sp³-hybridized carbons (Fsp3) is 0.308. The molecule has 0 saturated heterocycles. The molecule has 1 aliphatic rings. The zero-order valence-corrected chi connectivity index (χ0v) is 12.1. The van der Waals surface area contributed by atoms with E-state index in [1.807, 2.05) is 0 Å². The summed E-state index contributed by atoms with van der Waals surface area (Å²) < 4.78 is 53.7. The highest BCUT2D eigenvalue weighted by molar-refractivity contribution is 6.34. The first-order valence-corrected chi connectivity index (χ1v) is 6.21. The summed E-state index contributed by atoms with van der Waals surface area (Å²) in [7, 11) is 2.51. The third kappa shape index (κ3) is 2.66. The molecule has 0 radical (unpaired) electrons. The number of halogens is 4. The maximum Gasteiger partial charge on any atom is 0.430 e. The summed E-state index contributed by atoms with van der Waals surface area (Å²) in [5, 5.41) is 8.98. The topological polar surface area (TPSA) is 65.0 Å². The third-order valence-electron chi connectivity index (χ3n) is 2.98. The van der Waals surface area contributed by atoms with Crippen LogP contribution in [-0.4, -0.2) is 37.6 Å². The molecule has 1 heterocycles. The van der Waals surface area contributed by atoms with Gasteiger partial charge >= 0.3 is 12.1 Å². The van der Waals surface area contributed by atoms with Gasteiger partial charge in [0.1, 0.15) is 16.5 Å². The van der Waals surface area contributed by atoms with E-state index in [-0.39, 0.29) is 27.8 Å². The molecule has 0 amide bonds. The summed E-state index contributed by atoms with van der Waals surface area (Å²) in [6, 6.07) is 1.15. The van der Waals surface area contributed by atoms with Crippen LogP contribution in [0.5, 0.6) is 17.2 Å². The first kappa shape index (κ1) is 16.3. The van der Waals surface area contributed by atoms with Gasteiger partial charge in [-0.2, -0.15) is 13.2 Å². The molecule has 9 heteroatoms. The normalized spacial score (nSPS) is 17.2. The number of hydrogen-bond donors (Lipinski definition) is 1. The van der Waals surface area contributed by atoms with Crippen LogP contribution in [0.4, 0.5) is 13.2 Å². The Kier molecular flexibility index (Phi) is 4.15. The molecule has 1 aromatic carbocycles. The third-order valence-corrected chi connectivity index (χ3v) is 3.34. The predicted molar refractivity (Wildman–Crippen MR) is 70.6 cm³/mol. The van der Waals surface area contributed by atoms with Gasteiger partial charge < -0.3 is 19.3 Å². The van der Waals surface area contributed by atoms with E-state index in [2.05, 4.69) is 0 Å². The van der Waals surface area contributed by atoms with E-state index >= 15 is 0 Å². The molecule has 0 spiro atoms. The Labute approximate surface area is 127 Å². The monoisotopic (exact) mass is 338 g/mol. The number of benzene rings is 1. The second-order valence-corrected chi connectivity index (χ2v) is 4.66. The Hall–Kier alpha value is -2.09. The number of ether oxygens (including phenoxy) is 3. The number of aliphatic carboxylic acids is 1. The van der Waals surface area contributed by atoms with Crippen molar-refractivity contribution in [3.8, 4) is 17.2 Å². The molecule has 120 valence electrons. The SMILES string of the molecule is COc1cc2c(c(OC)c1Cl)C=C(C(=O)O)C(C(F)(F)F)O2. The van der Waals surface area contributed by atoms with Crippen molar-refractivity contribution < 1.29 is 37.3 Å². The minimum absolute atomic E-state index is 0.00111. The lowest BCUT2D eigenvalue weighted by atomic mass is 10.00. The van der Waals surface area contributed by atoms with Crippen LogP contribution >= 0.6 is 11.6 Å². The molecule has 2 rings (SSSR count). The molecule has 0 aliphatic carbocycles. The zero-order valence-electron chi connectivity index (χ0n) is 11.3. The van der Waals surface area contributed by atoms with E-state index in [1.54, 1.807) is 0 Å². The summed E-state index contributed by atoms with van der Waals surface area (Å²) in [4.78, 5) is 11.1. The summed E-state index contributed by atoms with van der Waals surface area (Å²) in [5.41, 5.74) is -0.953. The predicted octanol–water partition coefficient (Wildman–Crippen LogP) is 3.15. The van der Waals surface area contributed by atoms with Crippen LogP contribution in [-0.2, 0) is 4.79 Å². The highest BCUT2D eigenvalue weighted by atomic mass is 35.5. The number of carbonyl (C=O) groups is 1. The number of rotatable bonds is 3. The molecule has 1 aromatic rings. The van der Waals surface area contributed by atoms with Crippen LogP contribution in [0, 0.1) is 0 Å². The van der Waals surface area contributed by atoms with Crippen molar-refractivity contribution >= 4 is 23.6 Å². The fourth-order valence-corrected chi connectivity index (χ4v) is 2.33. The molecule has 22 heavy (non-hydrogen) atoms. The van der Waals surface area contributed by atoms with Gasteiger partial charge in [-0.05, 0) is 6.08 Å². The zero-order chi connectivity index (χ0) is 16.7. The largest absolute Gasteiger partial charge is 0.495 e. The van der Waals surface area contributed by atoms with Gasteiger partial charge in [-0.25, -0.2) is 4.79 Å². The highest BCUT2D eigenvalue weighted by Gasteiger charge is 2.49. The maximum absolute atomic E-state index is 13.0. The number of carboxylic acid groups (broad SMARTS) is 1. The summed E-state index contributed by atoms with van der Waals surface area (Å²) in [6.45, 7) is 0. The average Bonchev–Trinajstić information content (AvgIpc) is 2.44. The van der Waals surface area contributed by atoms with Gasteiger partial charge in [0.15, 0.2) is 5.75 Å². The molecule has 1 aliphatic heterocycles. The van der Waals surface area contributed by atoms with Crippen LogP contribution in [0.15, 0.2) is 11.6 Å². The van der Waals surface area contributed by atoms with Crippen molar-refractivity contribution in [1.29, 1.82) is 0 Å². The van der Waals surface area contributed by atoms with Crippen molar-refractivity contribution in [3.05, 3.63) is 22.2 Å². The van der Waals surface area contributed by atoms with Gasteiger partial charge in [-0.3, -0.25) is 0 Å². The Bertz CT molecular complexity index is 654. The van der Waals surface area contributed by atoms with Crippen molar-refractivity contribution in [2.24, 2.45) is 0 Å². The Balaban J connectivity index is 2.70. The van der Waals surface area contributed by atoms with Crippen LogP contribution in [0.3, 0.4) is 0 Å². The number of carboxylic acids is 1. The summed E-state index contributed by atoms with van der Waals surface area (Å²) in [6.07, 6.45) is -6.64. The summed E-state index contributed by atoms with van der Waals surface area (Å²) >= 11 is 6.00. The smallest absolute Gasteiger partial charge is 0.430 e. The molecular formula is C13H10ClF3O5. The molecule has 0 saturated carbocycles. The van der Waals surface area contributed by atoms with Gasteiger partial charge in [0.2, 0.25) is 6.10 Å². The number of methoxy groups -OCH3 is 2. The molecule has 5 nitrogen and oxygen atoms in total. The van der Waals surface area contributed by atoms with Crippen LogP contribution in [0.2, 0.25) is 5.02 Å². The molecular weight excluding hydrogens is 329 g/mol. The van der Waals surface area contributed by atoms with Crippen molar-refractivity contribution in [3.63, 3.8) is 0 Å². The Morgan fingerprint density at radius 1 is 1.36 bits per heavy atom. The van der Waals surface area contributed by atoms with Gasteiger partial charge in [-0.1, -0.05) is 11.6 Å². The minimum atomic E-state index is -4.89. The van der Waals surface area contributed by atoms with Gasteiger partial charge in [0.25, 0.3) is 0 Å². The lowest BCUT2D eigenvalue weighted by molar-refractivity contribution is -0.187. The van der Waals surface area contributed by atoms with E-state index in [1.165, 1.54) is 14.2 Å². The van der Waals surface area contributed by atoms with Gasteiger partial charge in [0, 0.05) is 6.07 Å². The lowest BCUT2D eigenvalue weighted by Gasteiger charge is -2.28. The number of fused-ring (bicyclic) bond motifs is 1. The molecule has 1 atom stereocenters. The highest BCUT2D eigenvalue weighted by Crippen LogP contribution is 2.47. The molecule has 0 aromatic heterocycles. The maximum atomic E-state index is 13.0. The van der Waals surface area contributed by atoms with E-state index < -0.39 is 23.8 Å². The minimum Gasteiger partial charge on any atom is -0.495 e. The standard InChI is InChI=1S/C13H10ClF3O5/c1-20-8-4-7-5(10(21-2)9(8)14)3-6(12(18)19)11(22-7)13(15,16)17/h3-4,11H,1-2H3,(H,18,19). The average molecular weight is 339 g/mol. The van der Waals surface area contributed by atoms with Crippen molar-refractivity contribution in [2.45, 2.75) is 12.3 Å². The van der Waals surface area contributed by atoms with Gasteiger partial charge in [0.05, 0.1) is 25.4 Å². The van der Waals surface area contributed by atoms with E-state index in [4.69, 9.17) is 30.9 Å². The van der Waals surface area contributed by atoms with Gasteiger partial charge in [-0.15, -0.1) is 0 Å². The lowest BCUT2D eigenvalue weighted by Crippen LogP contribution is -2.40. The van der Waals surface area contributed by atoms with Crippen molar-refractivity contribution in [1.82, 2.24) is 0 Å². The number of hydrogen-bond acceptors (Lipinski definition) is 4. The second kappa shape index (κ2) is 5.60. The Morgan fingerprint density at radius 2 is 2.00 bits per heavy atom. The van der Waals surface area contributed by atoms with Crippen molar-refractivity contribution in [2.75, 3.05) is 14.2 Å². The van der Waals surface area contributed by atoms with Crippen LogP contribution in [0.25, 0.3) is 6.08 Å². The van der Waals surface area contributed by atoms with Crippen LogP contribution in [0.1, 0.15) is 5.56 Å². The van der Waals surface area contributed by atoms with E-state index in [0.29, 0.717) is 0 Å². The number of alkyl halides is 3. The fourth-order valence-electron chi connectivity index (χ4n) is 2.02.